The van der Waals surface area contributed by atoms with Crippen LogP contribution in [-0.2, 0) is 16.2 Å². The van der Waals surface area contributed by atoms with Crippen molar-refractivity contribution in [3.8, 4) is 11.5 Å². The van der Waals surface area contributed by atoms with Gasteiger partial charge < -0.3 is 34.5 Å². The quantitative estimate of drug-likeness (QED) is 0.0416. The first kappa shape index (κ1) is 40.6. The van der Waals surface area contributed by atoms with Gasteiger partial charge in [0.15, 0.2) is 0 Å². The predicted octanol–water partition coefficient (Wildman–Crippen LogP) is 8.06. The van der Waals surface area contributed by atoms with E-state index in [4.69, 9.17) is 19.5 Å². The third-order valence-corrected chi connectivity index (χ3v) is 12.0. The molecule has 3 aliphatic rings. The first-order chi connectivity index (χ1) is 28.2. The number of fused-ring (bicyclic) bond motifs is 3. The fraction of sp³-hybridized carbons (Fsp3) is 0.391. The van der Waals surface area contributed by atoms with Gasteiger partial charge in [-0.05, 0) is 102 Å². The van der Waals surface area contributed by atoms with Crippen LogP contribution in [0.3, 0.4) is 0 Å². The maximum Gasteiger partial charge on any atom is 0.269 e. The van der Waals surface area contributed by atoms with Gasteiger partial charge in [-0.1, -0.05) is 60.5 Å². The highest BCUT2D eigenvalue weighted by Crippen LogP contribution is 2.61. The van der Waals surface area contributed by atoms with Crippen molar-refractivity contribution >= 4 is 28.1 Å². The van der Waals surface area contributed by atoms with Gasteiger partial charge in [-0.25, -0.2) is 0 Å². The molecule has 0 saturated heterocycles. The van der Waals surface area contributed by atoms with Gasteiger partial charge in [-0.3, -0.25) is 14.9 Å². The number of nitrogens with zero attached hydrogens (tertiary/aromatic N) is 3. The van der Waals surface area contributed by atoms with Gasteiger partial charge >= 0.3 is 0 Å². The summed E-state index contributed by atoms with van der Waals surface area (Å²) in [5, 5.41) is 48.6. The van der Waals surface area contributed by atoms with Crippen LogP contribution in [0.15, 0.2) is 114 Å². The van der Waals surface area contributed by atoms with Crippen molar-refractivity contribution in [2.75, 3.05) is 26.9 Å². The van der Waals surface area contributed by atoms with E-state index in [-0.39, 0.29) is 67.9 Å². The predicted molar refractivity (Wildman–Crippen MR) is 221 cm³/mol. The van der Waals surface area contributed by atoms with E-state index in [0.717, 1.165) is 47.6 Å². The molecule has 58 heavy (non-hydrogen) atoms. The summed E-state index contributed by atoms with van der Waals surface area (Å²) >= 11 is 0. The Hall–Kier alpha value is -5.56. The third kappa shape index (κ3) is 8.09. The van der Waals surface area contributed by atoms with Crippen LogP contribution in [0.2, 0.25) is 0 Å². The van der Waals surface area contributed by atoms with Gasteiger partial charge in [-0.15, -0.1) is 6.58 Å². The van der Waals surface area contributed by atoms with E-state index < -0.39 is 22.7 Å². The zero-order valence-corrected chi connectivity index (χ0v) is 32.7. The number of phenols is 1. The van der Waals surface area contributed by atoms with Crippen molar-refractivity contribution in [2.45, 2.75) is 69.3 Å². The lowest BCUT2D eigenvalue weighted by Crippen LogP contribution is -2.69. The number of carbonyl (C=O) groups excluding carboxylic acids is 1. The molecule has 304 valence electrons. The molecule has 1 heterocycles. The number of nitro groups is 1. The summed E-state index contributed by atoms with van der Waals surface area (Å²) in [6.07, 6.45) is 8.50. The zero-order chi connectivity index (χ0) is 40.8. The molecule has 0 spiro atoms. The Labute approximate surface area is 338 Å². The molecule has 6 atom stereocenters. The number of amides is 1. The number of non-ortho nitro benzene ring substituents is 1. The van der Waals surface area contributed by atoms with E-state index in [9.17, 15) is 30.2 Å². The van der Waals surface area contributed by atoms with Gasteiger partial charge in [0.05, 0.1) is 23.2 Å². The number of phenolic OH excluding ortho intramolecular Hbond substituents is 1. The standard InChI is InChI=1S/C46H51N3O9/c1-3-24-56-46-42(48(2)45(53)34-17-16-31-10-4-5-11-32(31)25-34)28-40(47-57-29-30-14-18-35(19-15-30)49(54)55)38-26-33(12-6-8-22-50)37(13-7-9-23-51)43(44(38)46)39-27-36(52)20-21-41(39)58-46/h3-5,10-11,14-21,25-27,33,37,42-44,50-52H,1,6-9,12-13,22-24,28-29H2,2H3. The average Bonchev–Trinajstić information content (AvgIpc) is 3.24. The molecule has 4 aromatic carbocycles. The van der Waals surface area contributed by atoms with Gasteiger partial charge in [0.2, 0.25) is 5.79 Å². The topological polar surface area (TPSA) is 164 Å². The Bertz CT molecular complexity index is 2190. The molecule has 7 rings (SSSR count). The van der Waals surface area contributed by atoms with Crippen LogP contribution in [0.1, 0.15) is 72.3 Å². The number of aromatic hydroxyl groups is 1. The number of likely N-dealkylation sites (N-methyl/N-ethyl adjacent to an activating group) is 1. The molecule has 1 amide bonds. The van der Waals surface area contributed by atoms with Crippen molar-refractivity contribution < 1.29 is 39.3 Å². The van der Waals surface area contributed by atoms with Gasteiger partial charge in [0.1, 0.15) is 24.1 Å². The van der Waals surface area contributed by atoms with E-state index in [1.165, 1.54) is 12.1 Å². The highest BCUT2D eigenvalue weighted by molar-refractivity contribution is 6.04. The first-order valence-electron chi connectivity index (χ1n) is 20.1. The lowest BCUT2D eigenvalue weighted by molar-refractivity contribution is -0.384. The Morgan fingerprint density at radius 3 is 2.47 bits per heavy atom. The highest BCUT2D eigenvalue weighted by atomic mass is 16.7. The molecule has 0 aromatic heterocycles. The van der Waals surface area contributed by atoms with Gasteiger partial charge in [0.25, 0.3) is 11.6 Å². The fourth-order valence-electron chi connectivity index (χ4n) is 9.30. The van der Waals surface area contributed by atoms with Crippen molar-refractivity contribution in [1.82, 2.24) is 4.90 Å². The molecule has 6 unspecified atom stereocenters. The Balaban J connectivity index is 1.39. The number of hydrogen-bond acceptors (Lipinski definition) is 10. The molecule has 1 fully saturated rings. The first-order valence-corrected chi connectivity index (χ1v) is 20.1. The third-order valence-electron chi connectivity index (χ3n) is 12.0. The Morgan fingerprint density at radius 2 is 1.74 bits per heavy atom. The van der Waals surface area contributed by atoms with Crippen LogP contribution < -0.4 is 4.74 Å². The second-order valence-electron chi connectivity index (χ2n) is 15.5. The zero-order valence-electron chi connectivity index (χ0n) is 32.7. The van der Waals surface area contributed by atoms with Crippen LogP contribution in [0.5, 0.6) is 11.5 Å². The summed E-state index contributed by atoms with van der Waals surface area (Å²) in [5.41, 5.74) is 3.48. The Kier molecular flexibility index (Phi) is 12.6. The summed E-state index contributed by atoms with van der Waals surface area (Å²) < 4.78 is 14.1. The lowest BCUT2D eigenvalue weighted by Gasteiger charge is -2.59. The van der Waals surface area contributed by atoms with Gasteiger partial charge in [0, 0.05) is 55.9 Å². The molecule has 1 aliphatic heterocycles. The van der Waals surface area contributed by atoms with Crippen LogP contribution in [0.4, 0.5) is 5.69 Å². The van der Waals surface area contributed by atoms with E-state index >= 15 is 0 Å². The molecular formula is C46H51N3O9. The molecule has 1 saturated carbocycles. The molecule has 0 bridgehead atoms. The molecule has 4 aromatic rings. The molecule has 2 aliphatic carbocycles. The van der Waals surface area contributed by atoms with E-state index in [1.54, 1.807) is 48.4 Å². The normalized spacial score (nSPS) is 23.9. The molecule has 3 N–H and O–H groups in total. The monoisotopic (exact) mass is 789 g/mol. The van der Waals surface area contributed by atoms with Crippen molar-refractivity contribution in [3.63, 3.8) is 0 Å². The number of ether oxygens (including phenoxy) is 2. The SMILES string of the molecule is C=CCOC12Oc3ccc(O)cc3C3C(CCCCO)C(CCCCO)C=C(C(=NOCc4ccc([N+](=O)[O-])cc4)CC1N(C)C(=O)c1ccc4ccccc4c1)C32. The number of hydrogen-bond donors (Lipinski definition) is 3. The van der Waals surface area contributed by atoms with Gasteiger partial charge in [-0.2, -0.15) is 0 Å². The maximum atomic E-state index is 14.7. The molecule has 12 nitrogen and oxygen atoms in total. The summed E-state index contributed by atoms with van der Waals surface area (Å²) in [6, 6.07) is 24.0. The Morgan fingerprint density at radius 1 is 1.00 bits per heavy atom. The molecule has 12 heteroatoms. The van der Waals surface area contributed by atoms with Crippen LogP contribution in [0.25, 0.3) is 10.8 Å². The van der Waals surface area contributed by atoms with Crippen LogP contribution in [-0.4, -0.2) is 75.5 Å². The van der Waals surface area contributed by atoms with E-state index in [1.807, 2.05) is 42.5 Å². The largest absolute Gasteiger partial charge is 0.508 e. The van der Waals surface area contributed by atoms with Crippen LogP contribution >= 0.6 is 0 Å². The number of aliphatic hydroxyl groups is 2. The second kappa shape index (κ2) is 17.9. The molecular weight excluding hydrogens is 739 g/mol. The number of aliphatic hydroxyl groups excluding tert-OH is 2. The smallest absolute Gasteiger partial charge is 0.269 e. The number of benzene rings is 4. The van der Waals surface area contributed by atoms with Crippen LogP contribution in [0, 0.1) is 27.9 Å². The minimum Gasteiger partial charge on any atom is -0.508 e. The summed E-state index contributed by atoms with van der Waals surface area (Å²) in [6.45, 7) is 4.29. The average molecular weight is 790 g/mol. The number of oxime groups is 1. The number of unbranched alkanes of at least 4 members (excludes halogenated alkanes) is 2. The minimum absolute atomic E-state index is 0.0117. The second-order valence-corrected chi connectivity index (χ2v) is 15.5. The van der Waals surface area contributed by atoms with E-state index in [0.29, 0.717) is 35.4 Å². The lowest BCUT2D eigenvalue weighted by atomic mass is 9.55. The number of carbonyl (C=O) groups is 1. The summed E-state index contributed by atoms with van der Waals surface area (Å²) in [7, 11) is 1.76. The minimum atomic E-state index is -1.43. The maximum absolute atomic E-state index is 14.7. The van der Waals surface area contributed by atoms with E-state index in [2.05, 4.69) is 12.7 Å². The number of allylic oxidation sites excluding steroid dienone is 1. The highest BCUT2D eigenvalue weighted by Gasteiger charge is 2.65. The van der Waals surface area contributed by atoms with Crippen molar-refractivity contribution in [3.05, 3.63) is 136 Å². The fourth-order valence-corrected chi connectivity index (χ4v) is 9.30. The van der Waals surface area contributed by atoms with Crippen molar-refractivity contribution in [1.29, 1.82) is 0 Å². The summed E-state index contributed by atoms with van der Waals surface area (Å²) in [4.78, 5) is 33.3. The molecule has 0 radical (unpaired) electrons. The number of rotatable bonds is 17. The number of nitro benzene ring substituents is 1. The summed E-state index contributed by atoms with van der Waals surface area (Å²) in [5.74, 6) is -1.77. The van der Waals surface area contributed by atoms with Crippen molar-refractivity contribution in [2.24, 2.45) is 22.9 Å².